The molecule has 4 nitrogen and oxygen atoms in total. The fourth-order valence-electron chi connectivity index (χ4n) is 1.96. The molecule has 1 aromatic rings. The topological polar surface area (TPSA) is 37.4 Å². The molecule has 0 aromatic carbocycles. The molecule has 1 aliphatic heterocycles. The highest BCUT2D eigenvalue weighted by Gasteiger charge is 2.25. The predicted octanol–water partition coefficient (Wildman–Crippen LogP) is 1.45. The minimum atomic E-state index is -0.0102. The monoisotopic (exact) mass is 265 g/mol. The number of nitrogens with zero attached hydrogens (tertiary/aromatic N) is 2. The van der Waals surface area contributed by atoms with Crippen LogP contribution in [0.15, 0.2) is 18.5 Å². The summed E-state index contributed by atoms with van der Waals surface area (Å²) in [6.45, 7) is 3.04. The van der Waals surface area contributed by atoms with Crippen LogP contribution in [-0.4, -0.2) is 47.7 Å². The molecule has 0 saturated heterocycles. The molecular formula is C13H19N3OS. The molecule has 0 saturated carbocycles. The Hall–Kier alpha value is -1.04. The number of rotatable bonds is 3. The fraction of sp³-hybridized carbons (Fsp3) is 0.538. The summed E-state index contributed by atoms with van der Waals surface area (Å²) in [4.78, 5) is 7.13. The summed E-state index contributed by atoms with van der Waals surface area (Å²) in [6, 6.07) is 2.00. The number of hydrogen-bond acceptors (Lipinski definition) is 5. The Bertz CT molecular complexity index is 436. The Labute approximate surface area is 113 Å². The van der Waals surface area contributed by atoms with Crippen molar-refractivity contribution in [2.24, 2.45) is 0 Å². The van der Waals surface area contributed by atoms with Gasteiger partial charge in [-0.2, -0.15) is 0 Å². The van der Waals surface area contributed by atoms with Crippen LogP contribution in [0.25, 0.3) is 0 Å². The lowest BCUT2D eigenvalue weighted by molar-refractivity contribution is 0.142. The summed E-state index contributed by atoms with van der Waals surface area (Å²) >= 11 is 5.47. The summed E-state index contributed by atoms with van der Waals surface area (Å²) in [5.41, 5.74) is 0.930. The third-order valence-electron chi connectivity index (χ3n) is 2.98. The average Bonchev–Trinajstić information content (AvgIpc) is 2.46. The van der Waals surface area contributed by atoms with E-state index in [1.165, 1.54) is 0 Å². The molecule has 1 aromatic heterocycles. The molecule has 0 fully saturated rings. The van der Waals surface area contributed by atoms with Gasteiger partial charge in [0.15, 0.2) is 6.23 Å². The van der Waals surface area contributed by atoms with Gasteiger partial charge in [0.05, 0.1) is 5.56 Å². The Balaban J connectivity index is 2.17. The number of nitrogens with one attached hydrogen (secondary N) is 1. The Kier molecular flexibility index (Phi) is 4.27. The normalized spacial score (nSPS) is 23.4. The van der Waals surface area contributed by atoms with Gasteiger partial charge >= 0.3 is 0 Å². The number of pyridine rings is 1. The van der Waals surface area contributed by atoms with Crippen LogP contribution in [0.4, 0.5) is 0 Å². The van der Waals surface area contributed by atoms with Gasteiger partial charge in [-0.1, -0.05) is 12.2 Å². The van der Waals surface area contributed by atoms with E-state index in [4.69, 9.17) is 17.0 Å². The minimum Gasteiger partial charge on any atom is -0.474 e. The van der Waals surface area contributed by atoms with Crippen molar-refractivity contribution in [3.8, 4) is 5.75 Å². The van der Waals surface area contributed by atoms with Crippen molar-refractivity contribution in [1.82, 2.24) is 15.2 Å². The zero-order chi connectivity index (χ0) is 13.1. The molecule has 0 aliphatic carbocycles. The molecule has 0 spiro atoms. The van der Waals surface area contributed by atoms with Crippen molar-refractivity contribution in [2.75, 3.05) is 20.6 Å². The quantitative estimate of drug-likeness (QED) is 0.837. The Morgan fingerprint density at radius 2 is 2.28 bits per heavy atom. The van der Waals surface area contributed by atoms with Gasteiger partial charge in [-0.05, 0) is 27.1 Å². The Morgan fingerprint density at radius 3 is 3.00 bits per heavy atom. The van der Waals surface area contributed by atoms with E-state index in [1.54, 1.807) is 12.4 Å². The first kappa shape index (κ1) is 13.4. The molecule has 0 radical (unpaired) electrons. The fourth-order valence-corrected chi connectivity index (χ4v) is 2.18. The number of hydrogen-bond donors (Lipinski definition) is 1. The van der Waals surface area contributed by atoms with E-state index >= 15 is 0 Å². The molecular weight excluding hydrogens is 246 g/mol. The summed E-state index contributed by atoms with van der Waals surface area (Å²) in [5, 5.41) is 3.41. The van der Waals surface area contributed by atoms with Crippen LogP contribution in [0.2, 0.25) is 0 Å². The molecule has 2 unspecified atom stereocenters. The lowest BCUT2D eigenvalue weighted by Crippen LogP contribution is -2.43. The second kappa shape index (κ2) is 5.73. The van der Waals surface area contributed by atoms with Crippen LogP contribution in [0.3, 0.4) is 0 Å². The first-order valence-corrected chi connectivity index (χ1v) is 6.54. The first-order chi connectivity index (χ1) is 8.58. The SMILES string of the molecule is CC1NC(CCN(C)C)Oc2ccncc2C1=S. The van der Waals surface area contributed by atoms with E-state index in [9.17, 15) is 0 Å². The van der Waals surface area contributed by atoms with Crippen LogP contribution in [-0.2, 0) is 0 Å². The molecule has 1 N–H and O–H groups in total. The van der Waals surface area contributed by atoms with Crippen molar-refractivity contribution in [3.63, 3.8) is 0 Å². The number of ether oxygens (including phenoxy) is 1. The van der Waals surface area contributed by atoms with Crippen LogP contribution in [0.5, 0.6) is 5.75 Å². The van der Waals surface area contributed by atoms with E-state index < -0.39 is 0 Å². The summed E-state index contributed by atoms with van der Waals surface area (Å²) < 4.78 is 5.98. The highest BCUT2D eigenvalue weighted by atomic mass is 32.1. The summed E-state index contributed by atoms with van der Waals surface area (Å²) in [5.74, 6) is 0.829. The van der Waals surface area contributed by atoms with Gasteiger partial charge in [-0.15, -0.1) is 0 Å². The highest BCUT2D eigenvalue weighted by Crippen LogP contribution is 2.24. The van der Waals surface area contributed by atoms with Gasteiger partial charge in [-0.25, -0.2) is 0 Å². The third-order valence-corrected chi connectivity index (χ3v) is 3.56. The third kappa shape index (κ3) is 3.04. The molecule has 0 amide bonds. The van der Waals surface area contributed by atoms with Crippen molar-refractivity contribution in [3.05, 3.63) is 24.0 Å². The summed E-state index contributed by atoms with van der Waals surface area (Å²) in [7, 11) is 4.12. The molecule has 2 atom stereocenters. The maximum atomic E-state index is 5.98. The molecule has 2 heterocycles. The van der Waals surface area contributed by atoms with Gasteiger partial charge in [0.2, 0.25) is 0 Å². The highest BCUT2D eigenvalue weighted by molar-refractivity contribution is 7.81. The van der Waals surface area contributed by atoms with Gasteiger partial charge in [0.1, 0.15) is 5.75 Å². The van der Waals surface area contributed by atoms with Gasteiger partial charge in [0.25, 0.3) is 0 Å². The molecule has 18 heavy (non-hydrogen) atoms. The van der Waals surface area contributed by atoms with Crippen molar-refractivity contribution in [1.29, 1.82) is 0 Å². The largest absolute Gasteiger partial charge is 0.474 e. The molecule has 98 valence electrons. The predicted molar refractivity (Wildman–Crippen MR) is 76.1 cm³/mol. The van der Waals surface area contributed by atoms with E-state index in [0.29, 0.717) is 0 Å². The second-order valence-corrected chi connectivity index (χ2v) is 5.26. The van der Waals surface area contributed by atoms with Crippen LogP contribution in [0.1, 0.15) is 18.9 Å². The van der Waals surface area contributed by atoms with Crippen molar-refractivity contribution < 1.29 is 4.74 Å². The lowest BCUT2D eigenvalue weighted by Gasteiger charge is -2.22. The standard InChI is InChI=1S/C13H19N3OS/c1-9-13(18)10-8-14-6-4-11(10)17-12(15-9)5-7-16(2)3/h4,6,8-9,12,15H,5,7H2,1-3H3. The Morgan fingerprint density at radius 1 is 1.50 bits per heavy atom. The van der Waals surface area contributed by atoms with Crippen LogP contribution in [0, 0.1) is 0 Å². The summed E-state index contributed by atoms with van der Waals surface area (Å²) in [6.07, 6.45) is 4.43. The van der Waals surface area contributed by atoms with E-state index in [0.717, 1.165) is 29.1 Å². The van der Waals surface area contributed by atoms with Crippen molar-refractivity contribution >= 4 is 17.1 Å². The van der Waals surface area contributed by atoms with Crippen molar-refractivity contribution in [2.45, 2.75) is 25.6 Å². The van der Waals surface area contributed by atoms with Crippen LogP contribution >= 0.6 is 12.2 Å². The maximum Gasteiger partial charge on any atom is 0.151 e. The van der Waals surface area contributed by atoms with E-state index in [1.807, 2.05) is 6.07 Å². The van der Waals surface area contributed by atoms with Crippen LogP contribution < -0.4 is 10.1 Å². The smallest absolute Gasteiger partial charge is 0.151 e. The van der Waals surface area contributed by atoms with E-state index in [-0.39, 0.29) is 12.3 Å². The lowest BCUT2D eigenvalue weighted by atomic mass is 10.1. The minimum absolute atomic E-state index is 0.0102. The molecule has 2 rings (SSSR count). The molecule has 0 bridgehead atoms. The molecule has 5 heteroatoms. The second-order valence-electron chi connectivity index (χ2n) is 4.82. The average molecular weight is 265 g/mol. The number of thiocarbonyl (C=S) groups is 1. The number of aromatic nitrogens is 1. The maximum absolute atomic E-state index is 5.98. The zero-order valence-electron chi connectivity index (χ0n) is 11.0. The van der Waals surface area contributed by atoms with Gasteiger partial charge in [0, 0.05) is 36.3 Å². The number of fused-ring (bicyclic) bond motifs is 1. The zero-order valence-corrected chi connectivity index (χ0v) is 11.8. The molecule has 1 aliphatic rings. The first-order valence-electron chi connectivity index (χ1n) is 6.13. The van der Waals surface area contributed by atoms with Gasteiger partial charge < -0.3 is 9.64 Å². The van der Waals surface area contributed by atoms with E-state index in [2.05, 4.69) is 36.2 Å². The van der Waals surface area contributed by atoms with Gasteiger partial charge in [-0.3, -0.25) is 10.3 Å².